The molecule has 1 N–H and O–H groups in total. The molecule has 1 aromatic rings. The van der Waals surface area contributed by atoms with E-state index in [0.717, 1.165) is 32.2 Å². The van der Waals surface area contributed by atoms with Gasteiger partial charge in [0.15, 0.2) is 0 Å². The van der Waals surface area contributed by atoms with Crippen molar-refractivity contribution in [1.29, 1.82) is 0 Å². The van der Waals surface area contributed by atoms with Gasteiger partial charge in [0.25, 0.3) is 0 Å². The molecule has 0 radical (unpaired) electrons. The zero-order chi connectivity index (χ0) is 14.1. The van der Waals surface area contributed by atoms with Gasteiger partial charge in [-0.3, -0.25) is 0 Å². The Morgan fingerprint density at radius 3 is 2.80 bits per heavy atom. The lowest BCUT2D eigenvalue weighted by Gasteiger charge is -2.38. The van der Waals surface area contributed by atoms with E-state index in [-0.39, 0.29) is 0 Å². The van der Waals surface area contributed by atoms with E-state index in [1.165, 1.54) is 29.8 Å². The number of aromatic nitrogens is 1. The topological polar surface area (TPSA) is 31.4 Å². The first-order chi connectivity index (χ1) is 9.63. The van der Waals surface area contributed by atoms with Gasteiger partial charge in [0.05, 0.1) is 0 Å². The fourth-order valence-corrected chi connectivity index (χ4v) is 2.84. The Labute approximate surface area is 122 Å². The number of likely N-dealkylation sites (N-methyl/N-ethyl adjacent to an activating group) is 1. The quantitative estimate of drug-likeness (QED) is 0.907. The Morgan fingerprint density at radius 1 is 1.35 bits per heavy atom. The first-order valence-corrected chi connectivity index (χ1v) is 7.77. The highest BCUT2D eigenvalue weighted by atomic mass is 15.3. The van der Waals surface area contributed by atoms with Crippen LogP contribution in [0.5, 0.6) is 0 Å². The number of rotatable bonds is 4. The second-order valence-corrected chi connectivity index (χ2v) is 6.41. The number of nitrogens with zero attached hydrogens (tertiary/aromatic N) is 3. The van der Waals surface area contributed by atoms with Gasteiger partial charge >= 0.3 is 0 Å². The third-order valence-electron chi connectivity index (χ3n) is 4.54. The second-order valence-electron chi connectivity index (χ2n) is 6.41. The van der Waals surface area contributed by atoms with Crippen LogP contribution in [0.25, 0.3) is 0 Å². The van der Waals surface area contributed by atoms with Crippen molar-refractivity contribution in [2.75, 3.05) is 31.6 Å². The van der Waals surface area contributed by atoms with Crippen LogP contribution in [0.4, 0.5) is 5.82 Å². The van der Waals surface area contributed by atoms with Crippen LogP contribution in [0.15, 0.2) is 12.3 Å². The maximum absolute atomic E-state index is 4.73. The summed E-state index contributed by atoms with van der Waals surface area (Å²) in [4.78, 5) is 9.57. The Bertz CT molecular complexity index is 470. The number of anilines is 1. The smallest absolute Gasteiger partial charge is 0.131 e. The van der Waals surface area contributed by atoms with E-state index in [9.17, 15) is 0 Å². The maximum atomic E-state index is 4.73. The molecule has 2 heterocycles. The molecule has 1 atom stereocenters. The summed E-state index contributed by atoms with van der Waals surface area (Å²) in [7, 11) is 2.20. The van der Waals surface area contributed by atoms with Gasteiger partial charge in [0, 0.05) is 44.5 Å². The number of pyridine rings is 1. The molecule has 110 valence electrons. The number of hydrogen-bond acceptors (Lipinski definition) is 4. The van der Waals surface area contributed by atoms with Crippen molar-refractivity contribution >= 4 is 5.82 Å². The van der Waals surface area contributed by atoms with Gasteiger partial charge in [-0.15, -0.1) is 0 Å². The van der Waals surface area contributed by atoms with Crippen molar-refractivity contribution in [2.45, 2.75) is 45.3 Å². The molecule has 4 nitrogen and oxygen atoms in total. The molecule has 1 saturated heterocycles. The highest BCUT2D eigenvalue weighted by molar-refractivity contribution is 5.48. The summed E-state index contributed by atoms with van der Waals surface area (Å²) in [5.41, 5.74) is 2.61. The molecular formula is C16H26N4. The first-order valence-electron chi connectivity index (χ1n) is 7.77. The number of piperazine rings is 1. The molecule has 0 spiro atoms. The zero-order valence-corrected chi connectivity index (χ0v) is 12.9. The normalized spacial score (nSPS) is 24.1. The van der Waals surface area contributed by atoms with E-state index in [4.69, 9.17) is 4.98 Å². The molecule has 1 saturated carbocycles. The zero-order valence-electron chi connectivity index (χ0n) is 12.9. The predicted octanol–water partition coefficient (Wildman–Crippen LogP) is 1.78. The van der Waals surface area contributed by atoms with Crippen molar-refractivity contribution in [3.05, 3.63) is 23.4 Å². The third-order valence-corrected chi connectivity index (χ3v) is 4.54. The first kappa shape index (κ1) is 13.8. The van der Waals surface area contributed by atoms with Gasteiger partial charge in [-0.25, -0.2) is 4.98 Å². The Hall–Kier alpha value is -1.13. The summed E-state index contributed by atoms with van der Waals surface area (Å²) in [5, 5.41) is 3.55. The van der Waals surface area contributed by atoms with E-state index >= 15 is 0 Å². The average molecular weight is 274 g/mol. The van der Waals surface area contributed by atoms with Crippen LogP contribution in [0.1, 0.15) is 30.9 Å². The minimum Gasteiger partial charge on any atom is -0.354 e. The van der Waals surface area contributed by atoms with E-state index < -0.39 is 0 Å². The standard InChI is InChI=1S/C16H26N4/c1-12-8-14(9-17-15-4-5-15)10-18-16(12)20-7-6-19(3)13(2)11-20/h8,10,13,15,17H,4-7,9,11H2,1-3H3. The maximum Gasteiger partial charge on any atom is 0.131 e. The molecule has 20 heavy (non-hydrogen) atoms. The van der Waals surface area contributed by atoms with Gasteiger partial charge < -0.3 is 15.1 Å². The largest absolute Gasteiger partial charge is 0.354 e. The molecule has 0 aromatic carbocycles. The van der Waals surface area contributed by atoms with Crippen LogP contribution in [-0.2, 0) is 6.54 Å². The van der Waals surface area contributed by atoms with Gasteiger partial charge in [-0.05, 0) is 50.9 Å². The molecule has 0 amide bonds. The van der Waals surface area contributed by atoms with Crippen LogP contribution >= 0.6 is 0 Å². The average Bonchev–Trinajstić information content (AvgIpc) is 3.24. The van der Waals surface area contributed by atoms with Gasteiger partial charge in [0.1, 0.15) is 5.82 Å². The highest BCUT2D eigenvalue weighted by Gasteiger charge is 2.23. The van der Waals surface area contributed by atoms with Crippen LogP contribution in [0.3, 0.4) is 0 Å². The van der Waals surface area contributed by atoms with Crippen molar-refractivity contribution in [2.24, 2.45) is 0 Å². The molecule has 2 aliphatic rings. The summed E-state index contributed by atoms with van der Waals surface area (Å²) >= 11 is 0. The monoisotopic (exact) mass is 274 g/mol. The van der Waals surface area contributed by atoms with Crippen molar-refractivity contribution in [3.8, 4) is 0 Å². The lowest BCUT2D eigenvalue weighted by molar-refractivity contribution is 0.233. The second kappa shape index (κ2) is 5.70. The van der Waals surface area contributed by atoms with Gasteiger partial charge in [-0.2, -0.15) is 0 Å². The third kappa shape index (κ3) is 3.13. The van der Waals surface area contributed by atoms with Crippen molar-refractivity contribution in [3.63, 3.8) is 0 Å². The summed E-state index contributed by atoms with van der Waals surface area (Å²) < 4.78 is 0. The van der Waals surface area contributed by atoms with E-state index in [2.05, 4.69) is 42.1 Å². The molecule has 3 rings (SSSR count). The molecule has 1 aliphatic heterocycles. The van der Waals surface area contributed by atoms with Crippen molar-refractivity contribution in [1.82, 2.24) is 15.2 Å². The summed E-state index contributed by atoms with van der Waals surface area (Å²) in [6.07, 6.45) is 4.72. The minimum absolute atomic E-state index is 0.598. The molecule has 0 bridgehead atoms. The molecular weight excluding hydrogens is 248 g/mol. The molecule has 1 aromatic heterocycles. The number of nitrogens with one attached hydrogen (secondary N) is 1. The number of hydrogen-bond donors (Lipinski definition) is 1. The number of aryl methyl sites for hydroxylation is 1. The summed E-state index contributed by atoms with van der Waals surface area (Å²) in [5.74, 6) is 1.17. The van der Waals surface area contributed by atoms with Crippen LogP contribution < -0.4 is 10.2 Å². The molecule has 1 unspecified atom stereocenters. The summed E-state index contributed by atoms with van der Waals surface area (Å²) in [6, 6.07) is 3.65. The van der Waals surface area contributed by atoms with Gasteiger partial charge in [0.2, 0.25) is 0 Å². The van der Waals surface area contributed by atoms with E-state index in [1.807, 2.05) is 6.20 Å². The SMILES string of the molecule is Cc1cc(CNC2CC2)cnc1N1CCN(C)C(C)C1. The highest BCUT2D eigenvalue weighted by Crippen LogP contribution is 2.22. The van der Waals surface area contributed by atoms with Crippen LogP contribution in [0, 0.1) is 6.92 Å². The van der Waals surface area contributed by atoms with Gasteiger partial charge in [-0.1, -0.05) is 0 Å². The van der Waals surface area contributed by atoms with Crippen molar-refractivity contribution < 1.29 is 0 Å². The molecule has 2 fully saturated rings. The van der Waals surface area contributed by atoms with Crippen LogP contribution in [-0.4, -0.2) is 48.6 Å². The fraction of sp³-hybridized carbons (Fsp3) is 0.688. The minimum atomic E-state index is 0.598. The summed E-state index contributed by atoms with van der Waals surface area (Å²) in [6.45, 7) is 8.70. The molecule has 4 heteroatoms. The van der Waals surface area contributed by atoms with Crippen LogP contribution in [0.2, 0.25) is 0 Å². The van der Waals surface area contributed by atoms with E-state index in [1.54, 1.807) is 0 Å². The lowest BCUT2D eigenvalue weighted by atomic mass is 10.1. The fourth-order valence-electron chi connectivity index (χ4n) is 2.84. The Kier molecular flexibility index (Phi) is 3.94. The predicted molar refractivity (Wildman–Crippen MR) is 83.1 cm³/mol. The Balaban J connectivity index is 1.66. The lowest BCUT2D eigenvalue weighted by Crippen LogP contribution is -2.50. The van der Waals surface area contributed by atoms with E-state index in [0.29, 0.717) is 6.04 Å². The Morgan fingerprint density at radius 2 is 2.15 bits per heavy atom. The molecule has 1 aliphatic carbocycles.